The van der Waals surface area contributed by atoms with Crippen LogP contribution in [0.4, 0.5) is 0 Å². The Bertz CT molecular complexity index is 468. The zero-order chi connectivity index (χ0) is 13.8. The first kappa shape index (κ1) is 13.7. The Balaban J connectivity index is 1.84. The van der Waals surface area contributed by atoms with Gasteiger partial charge in [-0.3, -0.25) is 0 Å². The Labute approximate surface area is 122 Å². The summed E-state index contributed by atoms with van der Waals surface area (Å²) in [7, 11) is 0. The lowest BCUT2D eigenvalue weighted by Crippen LogP contribution is -2.12. The summed E-state index contributed by atoms with van der Waals surface area (Å²) in [6.07, 6.45) is 21.3. The Morgan fingerprint density at radius 1 is 0.900 bits per heavy atom. The van der Waals surface area contributed by atoms with Crippen molar-refractivity contribution in [3.63, 3.8) is 0 Å². The maximum Gasteiger partial charge on any atom is 0.122 e. The summed E-state index contributed by atoms with van der Waals surface area (Å²) in [4.78, 5) is 0. The molecule has 108 valence electrons. The van der Waals surface area contributed by atoms with Crippen molar-refractivity contribution in [2.24, 2.45) is 5.92 Å². The van der Waals surface area contributed by atoms with Gasteiger partial charge in [0.25, 0.3) is 0 Å². The fourth-order valence-corrected chi connectivity index (χ4v) is 3.83. The molecule has 0 saturated heterocycles. The van der Waals surface area contributed by atoms with Crippen LogP contribution in [0.3, 0.4) is 0 Å². The molecule has 1 fully saturated rings. The van der Waals surface area contributed by atoms with E-state index in [9.17, 15) is 5.11 Å². The van der Waals surface area contributed by atoms with E-state index in [-0.39, 0.29) is 0 Å². The molecule has 0 aliphatic heterocycles. The molecule has 1 saturated carbocycles. The number of allylic oxidation sites excluding steroid dienone is 7. The second-order valence-corrected chi connectivity index (χ2v) is 6.35. The van der Waals surface area contributed by atoms with Crippen molar-refractivity contribution in [3.8, 4) is 0 Å². The summed E-state index contributed by atoms with van der Waals surface area (Å²) in [6.45, 7) is 0. The Morgan fingerprint density at radius 3 is 2.40 bits per heavy atom. The van der Waals surface area contributed by atoms with Crippen LogP contribution in [0.1, 0.15) is 64.2 Å². The van der Waals surface area contributed by atoms with Gasteiger partial charge in [0.15, 0.2) is 0 Å². The number of aliphatic hydroxyl groups is 1. The van der Waals surface area contributed by atoms with Gasteiger partial charge in [-0.05, 0) is 55.6 Å². The van der Waals surface area contributed by atoms with E-state index < -0.39 is 0 Å². The molecule has 3 aliphatic rings. The Kier molecular flexibility index (Phi) is 4.44. The van der Waals surface area contributed by atoms with Gasteiger partial charge < -0.3 is 5.11 Å². The monoisotopic (exact) mass is 270 g/mol. The van der Waals surface area contributed by atoms with Gasteiger partial charge in [-0.1, -0.05) is 50.0 Å². The molecule has 3 rings (SSSR count). The number of aliphatic hydroxyl groups excluding tert-OH is 1. The summed E-state index contributed by atoms with van der Waals surface area (Å²) in [5, 5.41) is 10.8. The molecule has 1 N–H and O–H groups in total. The van der Waals surface area contributed by atoms with E-state index in [1.54, 1.807) is 0 Å². The third kappa shape index (κ3) is 2.92. The van der Waals surface area contributed by atoms with Gasteiger partial charge in [-0.15, -0.1) is 0 Å². The lowest BCUT2D eigenvalue weighted by atomic mass is 9.82. The van der Waals surface area contributed by atoms with E-state index in [1.165, 1.54) is 55.2 Å². The molecule has 0 bridgehead atoms. The van der Waals surface area contributed by atoms with Crippen molar-refractivity contribution in [1.29, 1.82) is 0 Å². The summed E-state index contributed by atoms with van der Waals surface area (Å²) in [6, 6.07) is 0. The fourth-order valence-electron chi connectivity index (χ4n) is 3.83. The van der Waals surface area contributed by atoms with E-state index in [1.807, 2.05) is 0 Å². The van der Waals surface area contributed by atoms with Crippen molar-refractivity contribution in [3.05, 3.63) is 46.8 Å². The molecule has 1 heteroatoms. The highest BCUT2D eigenvalue weighted by molar-refractivity contribution is 5.49. The first-order valence-corrected chi connectivity index (χ1v) is 8.36. The minimum atomic E-state index is 0.598. The van der Waals surface area contributed by atoms with Crippen LogP contribution in [0, 0.1) is 5.92 Å². The predicted octanol–water partition coefficient (Wildman–Crippen LogP) is 5.77. The molecule has 0 unspecified atom stereocenters. The normalized spacial score (nSPS) is 25.2. The smallest absolute Gasteiger partial charge is 0.122 e. The second kappa shape index (κ2) is 6.47. The van der Waals surface area contributed by atoms with Crippen LogP contribution in [0.5, 0.6) is 0 Å². The van der Waals surface area contributed by atoms with Gasteiger partial charge in [-0.2, -0.15) is 0 Å². The summed E-state index contributed by atoms with van der Waals surface area (Å²) >= 11 is 0. The SMILES string of the molecule is OC1=C(C2=CCCC=C2)CCC=C1C1CCCCCC1. The molecule has 0 amide bonds. The zero-order valence-corrected chi connectivity index (χ0v) is 12.4. The summed E-state index contributed by atoms with van der Waals surface area (Å²) < 4.78 is 0. The third-order valence-corrected chi connectivity index (χ3v) is 4.96. The Morgan fingerprint density at radius 2 is 1.70 bits per heavy atom. The minimum absolute atomic E-state index is 0.598. The average molecular weight is 270 g/mol. The molecular formula is C19H26O. The molecule has 0 aromatic carbocycles. The summed E-state index contributed by atoms with van der Waals surface area (Å²) in [5.41, 5.74) is 3.73. The molecule has 0 spiro atoms. The highest BCUT2D eigenvalue weighted by Crippen LogP contribution is 2.38. The fraction of sp³-hybridized carbons (Fsp3) is 0.579. The lowest BCUT2D eigenvalue weighted by Gasteiger charge is -2.25. The van der Waals surface area contributed by atoms with Gasteiger partial charge >= 0.3 is 0 Å². The molecule has 20 heavy (non-hydrogen) atoms. The first-order valence-electron chi connectivity index (χ1n) is 8.36. The van der Waals surface area contributed by atoms with Crippen LogP contribution < -0.4 is 0 Å². The molecular weight excluding hydrogens is 244 g/mol. The molecule has 3 aliphatic carbocycles. The van der Waals surface area contributed by atoms with E-state index in [0.717, 1.165) is 25.7 Å². The lowest BCUT2D eigenvalue weighted by molar-refractivity contribution is 0.381. The van der Waals surface area contributed by atoms with E-state index in [0.29, 0.717) is 11.7 Å². The van der Waals surface area contributed by atoms with Crippen molar-refractivity contribution in [2.75, 3.05) is 0 Å². The van der Waals surface area contributed by atoms with Gasteiger partial charge in [0.2, 0.25) is 0 Å². The maximum atomic E-state index is 10.8. The van der Waals surface area contributed by atoms with Crippen LogP contribution in [-0.4, -0.2) is 5.11 Å². The molecule has 0 aromatic heterocycles. The quantitative estimate of drug-likeness (QED) is 0.632. The minimum Gasteiger partial charge on any atom is -0.507 e. The molecule has 0 heterocycles. The van der Waals surface area contributed by atoms with E-state index in [2.05, 4.69) is 24.3 Å². The van der Waals surface area contributed by atoms with Gasteiger partial charge in [0.1, 0.15) is 5.76 Å². The van der Waals surface area contributed by atoms with Crippen LogP contribution >= 0.6 is 0 Å². The number of hydrogen-bond donors (Lipinski definition) is 1. The second-order valence-electron chi connectivity index (χ2n) is 6.35. The van der Waals surface area contributed by atoms with E-state index >= 15 is 0 Å². The first-order chi connectivity index (χ1) is 9.86. The average Bonchev–Trinajstić information content (AvgIpc) is 2.77. The summed E-state index contributed by atoms with van der Waals surface area (Å²) in [5.74, 6) is 1.21. The third-order valence-electron chi connectivity index (χ3n) is 4.96. The standard InChI is InChI=1S/C19H26O/c20-19-17(15-9-4-1-2-5-10-15)13-8-14-18(19)16-11-6-3-7-12-16/h6,11-13,15,20H,1-5,7-10,14H2. The van der Waals surface area contributed by atoms with E-state index in [4.69, 9.17) is 0 Å². The van der Waals surface area contributed by atoms with Crippen molar-refractivity contribution < 1.29 is 5.11 Å². The van der Waals surface area contributed by atoms with Gasteiger partial charge in [0.05, 0.1) is 0 Å². The number of hydrogen-bond acceptors (Lipinski definition) is 1. The van der Waals surface area contributed by atoms with Crippen LogP contribution in [0.25, 0.3) is 0 Å². The zero-order valence-electron chi connectivity index (χ0n) is 12.4. The maximum absolute atomic E-state index is 10.8. The molecule has 0 radical (unpaired) electrons. The molecule has 0 atom stereocenters. The van der Waals surface area contributed by atoms with Gasteiger partial charge in [0, 0.05) is 5.57 Å². The van der Waals surface area contributed by atoms with Crippen LogP contribution in [0.15, 0.2) is 46.8 Å². The predicted molar refractivity (Wildman–Crippen MR) is 84.6 cm³/mol. The largest absolute Gasteiger partial charge is 0.507 e. The topological polar surface area (TPSA) is 20.2 Å². The van der Waals surface area contributed by atoms with Crippen LogP contribution in [0.2, 0.25) is 0 Å². The van der Waals surface area contributed by atoms with Crippen molar-refractivity contribution in [1.82, 2.24) is 0 Å². The highest BCUT2D eigenvalue weighted by Gasteiger charge is 2.24. The van der Waals surface area contributed by atoms with Crippen molar-refractivity contribution >= 4 is 0 Å². The van der Waals surface area contributed by atoms with Crippen LogP contribution in [-0.2, 0) is 0 Å². The molecule has 0 aromatic rings. The number of rotatable bonds is 2. The van der Waals surface area contributed by atoms with Gasteiger partial charge in [-0.25, -0.2) is 0 Å². The Hall–Kier alpha value is -1.24. The molecule has 1 nitrogen and oxygen atoms in total. The van der Waals surface area contributed by atoms with Crippen molar-refractivity contribution in [2.45, 2.75) is 64.2 Å². The highest BCUT2D eigenvalue weighted by atomic mass is 16.3.